The Morgan fingerprint density at radius 3 is 2.56 bits per heavy atom. The van der Waals surface area contributed by atoms with Crippen LogP contribution in [0.4, 0.5) is 5.69 Å². The van der Waals surface area contributed by atoms with Gasteiger partial charge in [0.2, 0.25) is 5.91 Å². The maximum atomic E-state index is 11.0. The Morgan fingerprint density at radius 1 is 1.50 bits per heavy atom. The van der Waals surface area contributed by atoms with Crippen molar-refractivity contribution in [3.8, 4) is 12.3 Å². The number of carboxylic acids is 1. The van der Waals surface area contributed by atoms with Crippen molar-refractivity contribution in [3.05, 3.63) is 27.7 Å². The summed E-state index contributed by atoms with van der Waals surface area (Å²) in [6, 6.07) is 2.95. The van der Waals surface area contributed by atoms with Gasteiger partial charge in [-0.2, -0.15) is 0 Å². The summed E-state index contributed by atoms with van der Waals surface area (Å²) in [4.78, 5) is 21.9. The average molecular weight is 282 g/mol. The number of carboxylic acid groups (broad SMARTS) is 1. The molecule has 0 aliphatic rings. The van der Waals surface area contributed by atoms with Gasteiger partial charge in [-0.1, -0.05) is 21.9 Å². The molecule has 5 heteroatoms. The lowest BCUT2D eigenvalue weighted by molar-refractivity contribution is -0.114. The van der Waals surface area contributed by atoms with Crippen molar-refractivity contribution >= 4 is 33.5 Å². The van der Waals surface area contributed by atoms with Gasteiger partial charge in [0.05, 0.1) is 11.3 Å². The molecular weight excluding hydrogens is 274 g/mol. The number of benzene rings is 1. The minimum atomic E-state index is -1.15. The van der Waals surface area contributed by atoms with Gasteiger partial charge in [0.15, 0.2) is 0 Å². The van der Waals surface area contributed by atoms with E-state index in [1.165, 1.54) is 13.0 Å². The average Bonchev–Trinajstić information content (AvgIpc) is 2.19. The van der Waals surface area contributed by atoms with E-state index in [4.69, 9.17) is 11.5 Å². The molecule has 0 aliphatic heterocycles. The second-order valence-electron chi connectivity index (χ2n) is 3.01. The van der Waals surface area contributed by atoms with Crippen LogP contribution in [0.15, 0.2) is 16.6 Å². The minimum absolute atomic E-state index is 0.0440. The summed E-state index contributed by atoms with van der Waals surface area (Å²) in [5.41, 5.74) is 0.421. The fraction of sp³-hybridized carbons (Fsp3) is 0.0909. The summed E-state index contributed by atoms with van der Waals surface area (Å²) in [6.45, 7) is 1.29. The highest BCUT2D eigenvalue weighted by Crippen LogP contribution is 2.26. The first kappa shape index (κ1) is 12.3. The van der Waals surface area contributed by atoms with Crippen LogP contribution in [0.2, 0.25) is 0 Å². The Labute approximate surface area is 101 Å². The maximum Gasteiger partial charge on any atom is 0.337 e. The molecule has 82 valence electrons. The van der Waals surface area contributed by atoms with Gasteiger partial charge >= 0.3 is 5.97 Å². The Bertz CT molecular complexity index is 503. The molecule has 1 amide bonds. The van der Waals surface area contributed by atoms with E-state index in [2.05, 4.69) is 27.2 Å². The van der Waals surface area contributed by atoms with Crippen LogP contribution in [0, 0.1) is 12.3 Å². The van der Waals surface area contributed by atoms with Crippen LogP contribution >= 0.6 is 15.9 Å². The van der Waals surface area contributed by atoms with E-state index in [1.54, 1.807) is 6.07 Å². The van der Waals surface area contributed by atoms with E-state index < -0.39 is 5.97 Å². The van der Waals surface area contributed by atoms with Gasteiger partial charge in [-0.25, -0.2) is 4.79 Å². The van der Waals surface area contributed by atoms with Gasteiger partial charge in [0, 0.05) is 17.0 Å². The van der Waals surface area contributed by atoms with E-state index >= 15 is 0 Å². The molecule has 16 heavy (non-hydrogen) atoms. The first-order chi connectivity index (χ1) is 7.45. The fourth-order valence-electron chi connectivity index (χ4n) is 1.20. The van der Waals surface area contributed by atoms with Gasteiger partial charge in [-0.3, -0.25) is 4.79 Å². The number of amides is 1. The molecule has 0 fully saturated rings. The number of nitrogens with one attached hydrogen (secondary N) is 1. The van der Waals surface area contributed by atoms with E-state index in [0.29, 0.717) is 10.0 Å². The topological polar surface area (TPSA) is 66.4 Å². The Balaban J connectivity index is 3.46. The van der Waals surface area contributed by atoms with Gasteiger partial charge in [-0.05, 0) is 12.1 Å². The molecule has 0 heterocycles. The van der Waals surface area contributed by atoms with Crippen molar-refractivity contribution in [2.75, 3.05) is 5.32 Å². The number of hydrogen-bond donors (Lipinski definition) is 2. The van der Waals surface area contributed by atoms with Crippen molar-refractivity contribution < 1.29 is 14.7 Å². The summed E-state index contributed by atoms with van der Waals surface area (Å²) >= 11 is 3.15. The molecular formula is C11H8BrNO3. The molecule has 1 aromatic rings. The predicted octanol–water partition coefficient (Wildman–Crippen LogP) is 2.09. The zero-order chi connectivity index (χ0) is 12.3. The standard InChI is InChI=1S/C11H8BrNO3/c1-3-7-4-8(12)5-9(11(15)16)10(7)13-6(2)14/h1,4-5H,2H3,(H,13,14)(H,15,16). The second kappa shape index (κ2) is 4.81. The van der Waals surface area contributed by atoms with Crippen molar-refractivity contribution in [1.29, 1.82) is 0 Å². The largest absolute Gasteiger partial charge is 0.478 e. The third kappa shape index (κ3) is 2.61. The van der Waals surface area contributed by atoms with Gasteiger partial charge in [0.1, 0.15) is 0 Å². The number of rotatable bonds is 2. The molecule has 0 radical (unpaired) electrons. The van der Waals surface area contributed by atoms with Crippen LogP contribution in [0.1, 0.15) is 22.8 Å². The van der Waals surface area contributed by atoms with Crippen LogP contribution in [0.5, 0.6) is 0 Å². The number of anilines is 1. The van der Waals surface area contributed by atoms with E-state index in [0.717, 1.165) is 0 Å². The molecule has 2 N–H and O–H groups in total. The zero-order valence-electron chi connectivity index (χ0n) is 8.37. The zero-order valence-corrected chi connectivity index (χ0v) is 9.96. The van der Waals surface area contributed by atoms with E-state index in [-0.39, 0.29) is 17.2 Å². The van der Waals surface area contributed by atoms with Crippen LogP contribution in [-0.4, -0.2) is 17.0 Å². The molecule has 0 saturated heterocycles. The number of carbonyl (C=O) groups is 2. The molecule has 1 aromatic carbocycles. The molecule has 4 nitrogen and oxygen atoms in total. The predicted molar refractivity (Wildman–Crippen MR) is 63.3 cm³/mol. The smallest absolute Gasteiger partial charge is 0.337 e. The van der Waals surface area contributed by atoms with Crippen LogP contribution in [0.25, 0.3) is 0 Å². The van der Waals surface area contributed by atoms with Crippen LogP contribution < -0.4 is 5.32 Å². The van der Waals surface area contributed by atoms with E-state index in [9.17, 15) is 9.59 Å². The van der Waals surface area contributed by atoms with Crippen molar-refractivity contribution in [2.24, 2.45) is 0 Å². The summed E-state index contributed by atoms with van der Waals surface area (Å²) in [6.07, 6.45) is 5.25. The lowest BCUT2D eigenvalue weighted by Crippen LogP contribution is -2.12. The second-order valence-corrected chi connectivity index (χ2v) is 3.92. The fourth-order valence-corrected chi connectivity index (χ4v) is 1.66. The molecule has 0 aromatic heterocycles. The van der Waals surface area contributed by atoms with Gasteiger partial charge in [0.25, 0.3) is 0 Å². The minimum Gasteiger partial charge on any atom is -0.478 e. The molecule has 0 atom stereocenters. The monoisotopic (exact) mass is 281 g/mol. The summed E-state index contributed by atoms with van der Waals surface area (Å²) < 4.78 is 0.548. The quantitative estimate of drug-likeness (QED) is 0.816. The highest BCUT2D eigenvalue weighted by molar-refractivity contribution is 9.10. The molecule has 0 unspecified atom stereocenters. The number of hydrogen-bond acceptors (Lipinski definition) is 2. The molecule has 0 saturated carbocycles. The lowest BCUT2D eigenvalue weighted by atomic mass is 10.1. The van der Waals surface area contributed by atoms with Crippen molar-refractivity contribution in [3.63, 3.8) is 0 Å². The van der Waals surface area contributed by atoms with Gasteiger partial charge in [-0.15, -0.1) is 6.42 Å². The number of aromatic carboxylic acids is 1. The first-order valence-corrected chi connectivity index (χ1v) is 5.06. The number of terminal acetylenes is 1. The van der Waals surface area contributed by atoms with Crippen molar-refractivity contribution in [1.82, 2.24) is 0 Å². The Kier molecular flexibility index (Phi) is 3.69. The number of carbonyl (C=O) groups excluding carboxylic acids is 1. The third-order valence-corrected chi connectivity index (χ3v) is 2.25. The Morgan fingerprint density at radius 2 is 2.12 bits per heavy atom. The third-order valence-electron chi connectivity index (χ3n) is 1.79. The molecule has 1 rings (SSSR count). The summed E-state index contributed by atoms with van der Waals surface area (Å²) in [5, 5.41) is 11.4. The molecule has 0 aliphatic carbocycles. The SMILES string of the molecule is C#Cc1cc(Br)cc(C(=O)O)c1NC(C)=O. The van der Waals surface area contributed by atoms with Crippen LogP contribution in [0.3, 0.4) is 0 Å². The van der Waals surface area contributed by atoms with E-state index in [1.807, 2.05) is 0 Å². The van der Waals surface area contributed by atoms with Crippen molar-refractivity contribution in [2.45, 2.75) is 6.92 Å². The highest BCUT2D eigenvalue weighted by Gasteiger charge is 2.15. The Hall–Kier alpha value is -1.80. The normalized spacial score (nSPS) is 9.31. The van der Waals surface area contributed by atoms with Gasteiger partial charge < -0.3 is 10.4 Å². The first-order valence-electron chi connectivity index (χ1n) is 4.26. The highest BCUT2D eigenvalue weighted by atomic mass is 79.9. The number of halogens is 1. The summed E-state index contributed by atoms with van der Waals surface area (Å²) in [5.74, 6) is 0.804. The summed E-state index contributed by atoms with van der Waals surface area (Å²) in [7, 11) is 0. The molecule has 0 bridgehead atoms. The lowest BCUT2D eigenvalue weighted by Gasteiger charge is -2.10. The molecule has 0 spiro atoms. The van der Waals surface area contributed by atoms with Crippen LogP contribution in [-0.2, 0) is 4.79 Å². The maximum absolute atomic E-state index is 11.0.